The number of carbonyl (C=O) groups is 3. The number of phenols is 1. The first-order valence-corrected chi connectivity index (χ1v) is 21.2. The zero-order valence-corrected chi connectivity index (χ0v) is 33.4. The molecule has 2 N–H and O–H groups in total. The number of methoxy groups -OCH3 is 1. The van der Waals surface area contributed by atoms with Crippen molar-refractivity contribution in [3.05, 3.63) is 112 Å². The minimum atomic E-state index is -0.658. The molecular formula is C47H50FN5O6. The average molecular weight is 800 g/mol. The Bertz CT molecular complexity index is 2310. The molecule has 4 atom stereocenters. The van der Waals surface area contributed by atoms with Crippen molar-refractivity contribution >= 4 is 29.1 Å². The number of halogens is 1. The predicted octanol–water partition coefficient (Wildman–Crippen LogP) is 5.96. The van der Waals surface area contributed by atoms with Crippen LogP contribution in [0.3, 0.4) is 0 Å². The Morgan fingerprint density at radius 3 is 2.49 bits per heavy atom. The molecule has 10 rings (SSSR count). The van der Waals surface area contributed by atoms with Crippen LogP contribution in [0.2, 0.25) is 0 Å². The Kier molecular flexibility index (Phi) is 9.70. The van der Waals surface area contributed by atoms with Crippen LogP contribution in [0.1, 0.15) is 82.1 Å². The normalized spacial score (nSPS) is 24.5. The molecular weight excluding hydrogens is 750 g/mol. The lowest BCUT2D eigenvalue weighted by atomic mass is 9.69. The summed E-state index contributed by atoms with van der Waals surface area (Å²) < 4.78 is 29.0. The first kappa shape index (κ1) is 37.6. The number of piperidine rings is 2. The predicted molar refractivity (Wildman–Crippen MR) is 221 cm³/mol. The van der Waals surface area contributed by atoms with Crippen LogP contribution in [0.25, 0.3) is 0 Å². The van der Waals surface area contributed by atoms with E-state index in [-0.39, 0.29) is 47.7 Å². The van der Waals surface area contributed by atoms with Gasteiger partial charge >= 0.3 is 0 Å². The molecule has 0 radical (unpaired) electrons. The molecule has 0 saturated carbocycles. The summed E-state index contributed by atoms with van der Waals surface area (Å²) in [6, 6.07) is 22.9. The zero-order valence-electron chi connectivity index (χ0n) is 33.4. The highest BCUT2D eigenvalue weighted by molar-refractivity contribution is 6.06. The van der Waals surface area contributed by atoms with Crippen molar-refractivity contribution in [1.29, 1.82) is 0 Å². The van der Waals surface area contributed by atoms with Crippen LogP contribution in [0.4, 0.5) is 15.8 Å². The van der Waals surface area contributed by atoms with Crippen LogP contribution >= 0.6 is 0 Å². The number of hydrogen-bond donors (Lipinski definition) is 2. The van der Waals surface area contributed by atoms with E-state index < -0.39 is 11.9 Å². The second-order valence-corrected chi connectivity index (χ2v) is 17.2. The number of ether oxygens (including phenoxy) is 2. The lowest BCUT2D eigenvalue weighted by molar-refractivity contribution is -0.136. The topological polar surface area (TPSA) is 115 Å². The summed E-state index contributed by atoms with van der Waals surface area (Å²) in [5, 5.41) is 12.7. The van der Waals surface area contributed by atoms with Crippen LogP contribution < -0.4 is 24.6 Å². The third-order valence-electron chi connectivity index (χ3n) is 13.9. The standard InChI is InChI=1S/C47H50FN5O6/c1-58-42-22-36(44-33(29-5-3-2-4-6-29)9-7-30-21-32(54)8-10-34(30)44)38(48)23-41(42)51-17-15-28(16-18-51)24-50-19-20-52-31(25-50)27-59-45-37-26-53(40-13-14-43(55)49-46(40)56)47(57)35(37)11-12-39(45)52/h2-6,8,10-12,21-23,28,31,33,40,44,54H,7,9,13-20,24-27H2,1H3,(H,49,55,56)/t31-,33+,40+,44-/m1/s1. The van der Waals surface area contributed by atoms with Gasteiger partial charge in [0.15, 0.2) is 0 Å². The molecule has 59 heavy (non-hydrogen) atoms. The van der Waals surface area contributed by atoms with Crippen LogP contribution in [0.15, 0.2) is 72.8 Å². The van der Waals surface area contributed by atoms with E-state index in [1.807, 2.05) is 48.5 Å². The van der Waals surface area contributed by atoms with Crippen LogP contribution in [0, 0.1) is 11.7 Å². The third kappa shape index (κ3) is 6.75. The number of rotatable bonds is 7. The second kappa shape index (κ2) is 15.2. The number of aromatic hydroxyl groups is 1. The first-order chi connectivity index (χ1) is 28.7. The molecule has 4 aromatic carbocycles. The van der Waals surface area contributed by atoms with Crippen LogP contribution in [-0.2, 0) is 22.6 Å². The molecule has 306 valence electrons. The summed E-state index contributed by atoms with van der Waals surface area (Å²) in [6.07, 6.45) is 4.22. The highest BCUT2D eigenvalue weighted by Gasteiger charge is 2.43. The second-order valence-electron chi connectivity index (χ2n) is 17.2. The number of phenolic OH excluding ortho intramolecular Hbond substituents is 1. The van der Waals surface area contributed by atoms with E-state index in [0.717, 1.165) is 98.8 Å². The molecule has 12 heteroatoms. The van der Waals surface area contributed by atoms with Gasteiger partial charge in [0, 0.05) is 68.8 Å². The number of carbonyl (C=O) groups excluding carboxylic acids is 3. The van der Waals surface area contributed by atoms with Gasteiger partial charge in [-0.15, -0.1) is 0 Å². The number of nitrogens with one attached hydrogen (secondary N) is 1. The Morgan fingerprint density at radius 2 is 1.69 bits per heavy atom. The first-order valence-electron chi connectivity index (χ1n) is 21.2. The number of imide groups is 1. The molecule has 1 aliphatic carbocycles. The lowest BCUT2D eigenvalue weighted by Gasteiger charge is -2.47. The Hall–Kier alpha value is -5.62. The van der Waals surface area contributed by atoms with E-state index in [0.29, 0.717) is 42.4 Å². The van der Waals surface area contributed by atoms with E-state index in [1.54, 1.807) is 24.1 Å². The minimum absolute atomic E-state index is 0.0926. The molecule has 5 aliphatic heterocycles. The third-order valence-corrected chi connectivity index (χ3v) is 13.9. The van der Waals surface area contributed by atoms with Gasteiger partial charge < -0.3 is 29.3 Å². The Balaban J connectivity index is 0.793. The monoisotopic (exact) mass is 799 g/mol. The van der Waals surface area contributed by atoms with Crippen molar-refractivity contribution in [3.63, 3.8) is 0 Å². The molecule has 0 bridgehead atoms. The van der Waals surface area contributed by atoms with Gasteiger partial charge in [-0.2, -0.15) is 0 Å². The van der Waals surface area contributed by atoms with Gasteiger partial charge in [-0.3, -0.25) is 24.6 Å². The Morgan fingerprint density at radius 1 is 0.864 bits per heavy atom. The van der Waals surface area contributed by atoms with Crippen molar-refractivity contribution in [2.45, 2.75) is 69.0 Å². The van der Waals surface area contributed by atoms with E-state index in [4.69, 9.17) is 9.47 Å². The van der Waals surface area contributed by atoms with Gasteiger partial charge in [0.25, 0.3) is 5.91 Å². The SMILES string of the molecule is COc1cc([C@H]2c3ccc(O)cc3CC[C@H]2c2ccccc2)c(F)cc1N1CCC(CN2CCN3c4ccc5c(c4OC[C@H]3C2)CN([C@H]2CCC(=O)NC2=O)C5=O)CC1. The van der Waals surface area contributed by atoms with Crippen molar-refractivity contribution < 1.29 is 33.4 Å². The maximum atomic E-state index is 16.6. The fourth-order valence-electron chi connectivity index (χ4n) is 10.9. The number of aryl methyl sites for hydroxylation is 1. The summed E-state index contributed by atoms with van der Waals surface area (Å²) in [7, 11) is 1.67. The van der Waals surface area contributed by atoms with Gasteiger partial charge in [-0.05, 0) is 96.5 Å². The van der Waals surface area contributed by atoms with Gasteiger partial charge in [0.1, 0.15) is 35.7 Å². The molecule has 0 unspecified atom stereocenters. The van der Waals surface area contributed by atoms with E-state index in [2.05, 4.69) is 32.1 Å². The van der Waals surface area contributed by atoms with Crippen LogP contribution in [0.5, 0.6) is 17.2 Å². The number of fused-ring (bicyclic) bond motifs is 6. The van der Waals surface area contributed by atoms with Gasteiger partial charge in [-0.25, -0.2) is 4.39 Å². The lowest BCUT2D eigenvalue weighted by Crippen LogP contribution is -2.58. The highest BCUT2D eigenvalue weighted by Crippen LogP contribution is 2.50. The van der Waals surface area contributed by atoms with Crippen molar-refractivity contribution in [2.24, 2.45) is 5.92 Å². The van der Waals surface area contributed by atoms with Crippen molar-refractivity contribution in [3.8, 4) is 17.2 Å². The van der Waals surface area contributed by atoms with Crippen molar-refractivity contribution in [1.82, 2.24) is 15.1 Å². The number of anilines is 2. The number of nitrogens with zero attached hydrogens (tertiary/aromatic N) is 4. The largest absolute Gasteiger partial charge is 0.508 e. The number of piperazine rings is 1. The summed E-state index contributed by atoms with van der Waals surface area (Å²) in [5.74, 6) is 0.925. The maximum Gasteiger partial charge on any atom is 0.255 e. The molecule has 5 heterocycles. The summed E-state index contributed by atoms with van der Waals surface area (Å²) >= 11 is 0. The van der Waals surface area contributed by atoms with E-state index in [9.17, 15) is 19.5 Å². The molecule has 0 aromatic heterocycles. The van der Waals surface area contributed by atoms with Gasteiger partial charge in [0.2, 0.25) is 11.8 Å². The highest BCUT2D eigenvalue weighted by atomic mass is 19.1. The number of benzene rings is 4. The average Bonchev–Trinajstić information content (AvgIpc) is 3.59. The molecule has 4 aromatic rings. The molecule has 3 saturated heterocycles. The molecule has 3 fully saturated rings. The minimum Gasteiger partial charge on any atom is -0.508 e. The molecule has 6 aliphatic rings. The number of amides is 3. The van der Waals surface area contributed by atoms with Crippen LogP contribution in [-0.4, -0.2) is 97.7 Å². The van der Waals surface area contributed by atoms with Gasteiger partial charge in [-0.1, -0.05) is 36.4 Å². The smallest absolute Gasteiger partial charge is 0.255 e. The fourth-order valence-corrected chi connectivity index (χ4v) is 10.9. The summed E-state index contributed by atoms with van der Waals surface area (Å²) in [6.45, 7) is 6.10. The summed E-state index contributed by atoms with van der Waals surface area (Å²) in [4.78, 5) is 46.6. The zero-order chi connectivity index (χ0) is 40.4. The molecule has 0 spiro atoms. The quantitative estimate of drug-likeness (QED) is 0.219. The van der Waals surface area contributed by atoms with E-state index in [1.165, 1.54) is 5.56 Å². The number of hydrogen-bond acceptors (Lipinski definition) is 9. The van der Waals surface area contributed by atoms with E-state index >= 15 is 4.39 Å². The van der Waals surface area contributed by atoms with Gasteiger partial charge in [0.05, 0.1) is 31.1 Å². The molecule has 3 amide bonds. The summed E-state index contributed by atoms with van der Waals surface area (Å²) in [5.41, 5.74) is 7.13. The fraction of sp³-hybridized carbons (Fsp3) is 0.426. The maximum absolute atomic E-state index is 16.6. The Labute approximate surface area is 343 Å². The van der Waals surface area contributed by atoms with Crippen molar-refractivity contribution in [2.75, 3.05) is 62.8 Å². The molecule has 11 nitrogen and oxygen atoms in total.